The number of tetrazole rings is 1. The average Bonchev–Trinajstić information content (AvgIpc) is 3.36. The number of unbranched alkanes of at least 4 members (excludes halogenated alkanes) is 1. The molecule has 7 nitrogen and oxygen atoms in total. The van der Waals surface area contributed by atoms with E-state index in [1.807, 2.05) is 24.3 Å². The molecular formula is C19H23N5O2S. The molecule has 2 heterocycles. The molecular weight excluding hydrogens is 362 g/mol. The minimum absolute atomic E-state index is 0.0131. The fourth-order valence-corrected chi connectivity index (χ4v) is 3.41. The lowest BCUT2D eigenvalue weighted by Gasteiger charge is -2.15. The quantitative estimate of drug-likeness (QED) is 0.526. The SMILES string of the molecule is CCCCc1ccc(-n2nnnc2SCC(=O)N(C)Cc2ccco2)cc1. The second-order valence-electron chi connectivity index (χ2n) is 6.26. The van der Waals surface area contributed by atoms with Gasteiger partial charge in [0.2, 0.25) is 11.1 Å². The fourth-order valence-electron chi connectivity index (χ4n) is 2.58. The van der Waals surface area contributed by atoms with Crippen molar-refractivity contribution in [3.05, 3.63) is 54.0 Å². The standard InChI is InChI=1S/C19H23N5O2S/c1-3-4-6-15-8-10-16(11-9-15)24-19(20-21-22-24)27-14-18(25)23(2)13-17-7-5-12-26-17/h5,7-12H,3-4,6,13-14H2,1-2H3. The number of hydrogen-bond acceptors (Lipinski definition) is 6. The van der Waals surface area contributed by atoms with E-state index in [4.69, 9.17) is 4.42 Å². The monoisotopic (exact) mass is 385 g/mol. The number of thioether (sulfide) groups is 1. The third-order valence-electron chi connectivity index (χ3n) is 4.16. The molecule has 0 spiro atoms. The molecule has 142 valence electrons. The van der Waals surface area contributed by atoms with Crippen molar-refractivity contribution >= 4 is 17.7 Å². The van der Waals surface area contributed by atoms with E-state index in [1.165, 1.54) is 30.2 Å². The Bertz CT molecular complexity index is 845. The summed E-state index contributed by atoms with van der Waals surface area (Å²) in [5.74, 6) is 0.997. The second-order valence-corrected chi connectivity index (χ2v) is 7.20. The van der Waals surface area contributed by atoms with Crippen LogP contribution in [0.25, 0.3) is 5.69 Å². The van der Waals surface area contributed by atoms with Crippen molar-refractivity contribution in [2.45, 2.75) is 37.9 Å². The van der Waals surface area contributed by atoms with Gasteiger partial charge < -0.3 is 9.32 Å². The van der Waals surface area contributed by atoms with Gasteiger partial charge in [0.15, 0.2) is 0 Å². The predicted molar refractivity (Wildman–Crippen MR) is 104 cm³/mol. The molecule has 0 bridgehead atoms. The van der Waals surface area contributed by atoms with Crippen LogP contribution in [0.1, 0.15) is 31.1 Å². The molecule has 0 atom stereocenters. The third kappa shape index (κ3) is 5.19. The van der Waals surface area contributed by atoms with E-state index in [0.717, 1.165) is 17.9 Å². The lowest BCUT2D eigenvalue weighted by molar-refractivity contribution is -0.127. The van der Waals surface area contributed by atoms with Gasteiger partial charge in [0, 0.05) is 7.05 Å². The van der Waals surface area contributed by atoms with Crippen LogP contribution in [0.4, 0.5) is 0 Å². The fraction of sp³-hybridized carbons (Fsp3) is 0.368. The van der Waals surface area contributed by atoms with Gasteiger partial charge in [0.25, 0.3) is 0 Å². The highest BCUT2D eigenvalue weighted by Gasteiger charge is 2.15. The van der Waals surface area contributed by atoms with Crippen LogP contribution in [-0.2, 0) is 17.8 Å². The van der Waals surface area contributed by atoms with Gasteiger partial charge in [0.05, 0.1) is 24.2 Å². The number of carbonyl (C=O) groups excluding carboxylic acids is 1. The van der Waals surface area contributed by atoms with E-state index < -0.39 is 0 Å². The van der Waals surface area contributed by atoms with Crippen LogP contribution in [0, 0.1) is 0 Å². The summed E-state index contributed by atoms with van der Waals surface area (Å²) >= 11 is 1.32. The van der Waals surface area contributed by atoms with Gasteiger partial charge in [-0.3, -0.25) is 4.79 Å². The molecule has 0 aliphatic carbocycles. The van der Waals surface area contributed by atoms with Gasteiger partial charge in [-0.25, -0.2) is 0 Å². The van der Waals surface area contributed by atoms with Crippen LogP contribution in [0.2, 0.25) is 0 Å². The second kappa shape index (κ2) is 9.36. The Morgan fingerprint density at radius 1 is 1.26 bits per heavy atom. The highest BCUT2D eigenvalue weighted by Crippen LogP contribution is 2.19. The van der Waals surface area contributed by atoms with Crippen molar-refractivity contribution in [2.75, 3.05) is 12.8 Å². The van der Waals surface area contributed by atoms with Gasteiger partial charge >= 0.3 is 0 Å². The van der Waals surface area contributed by atoms with Crippen LogP contribution < -0.4 is 0 Å². The zero-order valence-corrected chi connectivity index (χ0v) is 16.4. The molecule has 0 aliphatic rings. The molecule has 1 aromatic carbocycles. The van der Waals surface area contributed by atoms with E-state index in [9.17, 15) is 4.79 Å². The lowest BCUT2D eigenvalue weighted by atomic mass is 10.1. The molecule has 0 aliphatic heterocycles. The number of rotatable bonds is 9. The maximum absolute atomic E-state index is 12.3. The summed E-state index contributed by atoms with van der Waals surface area (Å²) in [6, 6.07) is 11.9. The predicted octanol–water partition coefficient (Wildman–Crippen LogP) is 3.35. The Morgan fingerprint density at radius 2 is 2.07 bits per heavy atom. The number of amides is 1. The first kappa shape index (κ1) is 19.2. The molecule has 0 saturated heterocycles. The van der Waals surface area contributed by atoms with Crippen molar-refractivity contribution in [1.82, 2.24) is 25.1 Å². The van der Waals surface area contributed by atoms with Crippen molar-refractivity contribution in [3.8, 4) is 5.69 Å². The normalized spacial score (nSPS) is 10.9. The third-order valence-corrected chi connectivity index (χ3v) is 5.07. The average molecular weight is 385 g/mol. The zero-order chi connectivity index (χ0) is 19.1. The summed E-state index contributed by atoms with van der Waals surface area (Å²) in [6.07, 6.45) is 5.03. The number of benzene rings is 1. The van der Waals surface area contributed by atoms with E-state index in [1.54, 1.807) is 22.9 Å². The first-order valence-corrected chi connectivity index (χ1v) is 9.92. The zero-order valence-electron chi connectivity index (χ0n) is 15.5. The summed E-state index contributed by atoms with van der Waals surface area (Å²) < 4.78 is 6.94. The first-order valence-electron chi connectivity index (χ1n) is 8.94. The number of nitrogens with zero attached hydrogens (tertiary/aromatic N) is 5. The van der Waals surface area contributed by atoms with Crippen LogP contribution in [-0.4, -0.2) is 43.8 Å². The van der Waals surface area contributed by atoms with E-state index >= 15 is 0 Å². The van der Waals surface area contributed by atoms with E-state index in [-0.39, 0.29) is 11.7 Å². The molecule has 0 fully saturated rings. The van der Waals surface area contributed by atoms with Gasteiger partial charge in [0.1, 0.15) is 5.76 Å². The van der Waals surface area contributed by atoms with Gasteiger partial charge in [-0.1, -0.05) is 37.2 Å². The van der Waals surface area contributed by atoms with Crippen LogP contribution >= 0.6 is 11.8 Å². The van der Waals surface area contributed by atoms with Crippen molar-refractivity contribution in [3.63, 3.8) is 0 Å². The molecule has 0 radical (unpaired) electrons. The Balaban J connectivity index is 1.59. The highest BCUT2D eigenvalue weighted by atomic mass is 32.2. The number of aryl methyl sites for hydroxylation is 1. The van der Waals surface area contributed by atoms with E-state index in [2.05, 4.69) is 34.6 Å². The highest BCUT2D eigenvalue weighted by molar-refractivity contribution is 7.99. The van der Waals surface area contributed by atoms with Gasteiger partial charge in [-0.2, -0.15) is 4.68 Å². The Labute approximate surface area is 162 Å². The molecule has 8 heteroatoms. The molecule has 3 rings (SSSR count). The van der Waals surface area contributed by atoms with Crippen molar-refractivity contribution in [2.24, 2.45) is 0 Å². The van der Waals surface area contributed by atoms with Crippen LogP contribution in [0.5, 0.6) is 0 Å². The van der Waals surface area contributed by atoms with Crippen molar-refractivity contribution in [1.29, 1.82) is 0 Å². The maximum atomic E-state index is 12.3. The summed E-state index contributed by atoms with van der Waals surface area (Å²) in [5, 5.41) is 12.5. The molecule has 1 amide bonds. The molecule has 27 heavy (non-hydrogen) atoms. The van der Waals surface area contributed by atoms with Gasteiger partial charge in [-0.15, -0.1) is 5.10 Å². The van der Waals surface area contributed by atoms with Gasteiger partial charge in [-0.05, 0) is 53.1 Å². The van der Waals surface area contributed by atoms with Crippen molar-refractivity contribution < 1.29 is 9.21 Å². The Hall–Kier alpha value is -2.61. The Kier molecular flexibility index (Phi) is 6.64. The number of carbonyl (C=O) groups is 1. The van der Waals surface area contributed by atoms with E-state index in [0.29, 0.717) is 11.7 Å². The van der Waals surface area contributed by atoms with Crippen LogP contribution in [0.15, 0.2) is 52.2 Å². The smallest absolute Gasteiger partial charge is 0.233 e. The molecule has 0 N–H and O–H groups in total. The summed E-state index contributed by atoms with van der Waals surface area (Å²) in [6.45, 7) is 2.63. The summed E-state index contributed by atoms with van der Waals surface area (Å²) in [5.41, 5.74) is 2.19. The minimum atomic E-state index is -0.0131. The van der Waals surface area contributed by atoms with Crippen LogP contribution in [0.3, 0.4) is 0 Å². The molecule has 3 aromatic rings. The summed E-state index contributed by atoms with van der Waals surface area (Å²) in [4.78, 5) is 14.0. The topological polar surface area (TPSA) is 77.1 Å². The number of furan rings is 1. The molecule has 2 aromatic heterocycles. The first-order chi connectivity index (χ1) is 13.2. The maximum Gasteiger partial charge on any atom is 0.233 e. The lowest BCUT2D eigenvalue weighted by Crippen LogP contribution is -2.27. The number of hydrogen-bond donors (Lipinski definition) is 0. The summed E-state index contributed by atoms with van der Waals surface area (Å²) in [7, 11) is 1.75. The molecule has 0 saturated carbocycles. The Morgan fingerprint density at radius 3 is 2.78 bits per heavy atom. The molecule has 0 unspecified atom stereocenters. The minimum Gasteiger partial charge on any atom is -0.467 e. The largest absolute Gasteiger partial charge is 0.467 e. The number of aromatic nitrogens is 4.